The molecule has 0 aliphatic carbocycles. The van der Waals surface area contributed by atoms with Gasteiger partial charge in [0.1, 0.15) is 5.75 Å². The summed E-state index contributed by atoms with van der Waals surface area (Å²) in [6.07, 6.45) is 0. The van der Waals surface area contributed by atoms with Crippen molar-refractivity contribution in [2.45, 2.75) is 11.3 Å². The van der Waals surface area contributed by atoms with Gasteiger partial charge in [0.15, 0.2) is 15.0 Å². The molecule has 0 unspecified atom stereocenters. The van der Waals surface area contributed by atoms with Crippen LogP contribution in [0.15, 0.2) is 58.0 Å². The number of rotatable bonds is 3. The number of nitrogens with zero attached hydrogens (tertiary/aromatic N) is 2. The minimum Gasteiger partial charge on any atom is -0.497 e. The molecule has 1 amide bonds. The standard InChI is InChI=1S/C19H17BrN2O4S2/c1-26-15-8-6-14(7-9-15)22-16-10-28(24,25)11-17(16)27-19(22)21-18(23)12-2-4-13(20)5-3-12/h2-9,16-17H,10-11H2,1H3/t16-,17+/m0/s1. The first-order valence-corrected chi connectivity index (χ1v) is 12.0. The van der Waals surface area contributed by atoms with Gasteiger partial charge in [0, 0.05) is 21.0 Å². The smallest absolute Gasteiger partial charge is 0.279 e. The van der Waals surface area contributed by atoms with Gasteiger partial charge in [-0.3, -0.25) is 4.79 Å². The molecular weight excluding hydrogens is 464 g/mol. The lowest BCUT2D eigenvalue weighted by Crippen LogP contribution is -2.37. The molecule has 4 rings (SSSR count). The van der Waals surface area contributed by atoms with Crippen molar-refractivity contribution in [2.75, 3.05) is 23.5 Å². The molecule has 0 bridgehead atoms. The van der Waals surface area contributed by atoms with Crippen LogP contribution in [0.4, 0.5) is 5.69 Å². The molecular formula is C19H17BrN2O4S2. The molecule has 0 saturated carbocycles. The monoisotopic (exact) mass is 480 g/mol. The van der Waals surface area contributed by atoms with Crippen molar-refractivity contribution in [1.82, 2.24) is 0 Å². The van der Waals surface area contributed by atoms with Crippen LogP contribution in [0.5, 0.6) is 5.75 Å². The number of hydrogen-bond acceptors (Lipinski definition) is 5. The van der Waals surface area contributed by atoms with Gasteiger partial charge in [-0.05, 0) is 48.5 Å². The number of halogens is 1. The number of hydrogen-bond donors (Lipinski definition) is 0. The van der Waals surface area contributed by atoms with Gasteiger partial charge in [-0.1, -0.05) is 27.7 Å². The van der Waals surface area contributed by atoms with E-state index >= 15 is 0 Å². The maximum absolute atomic E-state index is 12.7. The Kier molecular flexibility index (Phi) is 5.24. The highest BCUT2D eigenvalue weighted by molar-refractivity contribution is 9.10. The summed E-state index contributed by atoms with van der Waals surface area (Å²) in [7, 11) is -1.51. The minimum absolute atomic E-state index is 0.0577. The van der Waals surface area contributed by atoms with E-state index in [-0.39, 0.29) is 28.7 Å². The first kappa shape index (κ1) is 19.5. The number of amides is 1. The SMILES string of the molecule is COc1ccc(N2C(=NC(=O)c3ccc(Br)cc3)S[C@@H]3CS(=O)(=O)C[C@@H]32)cc1. The van der Waals surface area contributed by atoms with Crippen molar-refractivity contribution < 1.29 is 17.9 Å². The van der Waals surface area contributed by atoms with E-state index in [2.05, 4.69) is 20.9 Å². The van der Waals surface area contributed by atoms with E-state index in [1.807, 2.05) is 29.2 Å². The van der Waals surface area contributed by atoms with Crippen LogP contribution in [0, 0.1) is 0 Å². The van der Waals surface area contributed by atoms with E-state index in [1.165, 1.54) is 11.8 Å². The topological polar surface area (TPSA) is 76.0 Å². The predicted molar refractivity (Wildman–Crippen MR) is 115 cm³/mol. The number of sulfone groups is 1. The highest BCUT2D eigenvalue weighted by Gasteiger charge is 2.49. The molecule has 2 atom stereocenters. The highest BCUT2D eigenvalue weighted by atomic mass is 79.9. The molecule has 0 spiro atoms. The van der Waals surface area contributed by atoms with E-state index in [0.717, 1.165) is 10.2 Å². The summed E-state index contributed by atoms with van der Waals surface area (Å²) in [4.78, 5) is 18.9. The third-order valence-electron chi connectivity index (χ3n) is 4.71. The molecule has 146 valence electrons. The number of fused-ring (bicyclic) bond motifs is 1. The molecule has 0 N–H and O–H groups in total. The Morgan fingerprint density at radius 1 is 1.14 bits per heavy atom. The predicted octanol–water partition coefficient (Wildman–Crippen LogP) is 3.37. The lowest BCUT2D eigenvalue weighted by molar-refractivity contribution is 0.100. The lowest BCUT2D eigenvalue weighted by atomic mass is 10.2. The average molecular weight is 481 g/mol. The first-order chi connectivity index (χ1) is 13.4. The molecule has 2 aromatic carbocycles. The molecule has 6 nitrogen and oxygen atoms in total. The number of benzene rings is 2. The quantitative estimate of drug-likeness (QED) is 0.669. The number of carbonyl (C=O) groups excluding carboxylic acids is 1. The molecule has 0 radical (unpaired) electrons. The van der Waals surface area contributed by atoms with Crippen molar-refractivity contribution >= 4 is 54.3 Å². The van der Waals surface area contributed by atoms with Gasteiger partial charge < -0.3 is 9.64 Å². The maximum Gasteiger partial charge on any atom is 0.279 e. The number of methoxy groups -OCH3 is 1. The van der Waals surface area contributed by atoms with Crippen LogP contribution in [0.25, 0.3) is 0 Å². The van der Waals surface area contributed by atoms with Crippen LogP contribution in [0.3, 0.4) is 0 Å². The summed E-state index contributed by atoms with van der Waals surface area (Å²) in [5, 5.41) is 0.395. The van der Waals surface area contributed by atoms with Crippen molar-refractivity contribution in [3.8, 4) is 5.75 Å². The number of carbonyl (C=O) groups is 1. The summed E-state index contributed by atoms with van der Waals surface area (Å²) in [5.41, 5.74) is 1.27. The van der Waals surface area contributed by atoms with E-state index in [0.29, 0.717) is 16.5 Å². The third-order valence-corrected chi connectivity index (χ3v) is 8.44. The van der Waals surface area contributed by atoms with Gasteiger partial charge in [0.2, 0.25) is 0 Å². The van der Waals surface area contributed by atoms with Crippen molar-refractivity contribution in [1.29, 1.82) is 0 Å². The zero-order valence-electron chi connectivity index (χ0n) is 14.9. The number of ether oxygens (including phenoxy) is 1. The summed E-state index contributed by atoms with van der Waals surface area (Å²) >= 11 is 4.71. The molecule has 0 aromatic heterocycles. The van der Waals surface area contributed by atoms with E-state index in [1.54, 1.807) is 31.4 Å². The minimum atomic E-state index is -3.10. The summed E-state index contributed by atoms with van der Waals surface area (Å²) in [6, 6.07) is 14.1. The van der Waals surface area contributed by atoms with Crippen LogP contribution < -0.4 is 9.64 Å². The lowest BCUT2D eigenvalue weighted by Gasteiger charge is -2.24. The average Bonchev–Trinajstić information content (AvgIpc) is 3.13. The first-order valence-electron chi connectivity index (χ1n) is 8.55. The molecule has 2 aliphatic heterocycles. The highest BCUT2D eigenvalue weighted by Crippen LogP contribution is 2.41. The Balaban J connectivity index is 1.70. The molecule has 2 aliphatic rings. The molecule has 2 fully saturated rings. The molecule has 9 heteroatoms. The fourth-order valence-corrected chi connectivity index (χ4v) is 7.53. The van der Waals surface area contributed by atoms with Crippen molar-refractivity contribution in [3.05, 3.63) is 58.6 Å². The number of aliphatic imine (C=N–C) groups is 1. The molecule has 2 saturated heterocycles. The summed E-state index contributed by atoms with van der Waals surface area (Å²) < 4.78 is 30.3. The van der Waals surface area contributed by atoms with Crippen LogP contribution >= 0.6 is 27.7 Å². The zero-order valence-corrected chi connectivity index (χ0v) is 18.1. The van der Waals surface area contributed by atoms with Gasteiger partial charge in [-0.15, -0.1) is 0 Å². The molecule has 28 heavy (non-hydrogen) atoms. The van der Waals surface area contributed by atoms with E-state index < -0.39 is 9.84 Å². The number of anilines is 1. The van der Waals surface area contributed by atoms with Crippen LogP contribution in [0.1, 0.15) is 10.4 Å². The van der Waals surface area contributed by atoms with Crippen LogP contribution in [-0.2, 0) is 9.84 Å². The van der Waals surface area contributed by atoms with Gasteiger partial charge >= 0.3 is 0 Å². The fraction of sp³-hybridized carbons (Fsp3) is 0.263. The third kappa shape index (κ3) is 3.83. The summed E-state index contributed by atoms with van der Waals surface area (Å²) in [6.45, 7) is 0. The molecule has 2 aromatic rings. The van der Waals surface area contributed by atoms with Gasteiger partial charge in [0.05, 0.1) is 24.7 Å². The molecule has 2 heterocycles. The Morgan fingerprint density at radius 2 is 1.82 bits per heavy atom. The maximum atomic E-state index is 12.7. The largest absolute Gasteiger partial charge is 0.497 e. The number of thioether (sulfide) groups is 1. The van der Waals surface area contributed by atoms with Gasteiger partial charge in [-0.2, -0.15) is 4.99 Å². The van der Waals surface area contributed by atoms with Gasteiger partial charge in [-0.25, -0.2) is 8.42 Å². The summed E-state index contributed by atoms with van der Waals surface area (Å²) in [5.74, 6) is 0.509. The second kappa shape index (κ2) is 7.53. The Bertz CT molecular complexity index is 1040. The Hall–Kier alpha value is -1.84. The van der Waals surface area contributed by atoms with E-state index in [4.69, 9.17) is 4.74 Å². The van der Waals surface area contributed by atoms with E-state index in [9.17, 15) is 13.2 Å². The fourth-order valence-electron chi connectivity index (χ4n) is 3.35. The van der Waals surface area contributed by atoms with Crippen LogP contribution in [0.2, 0.25) is 0 Å². The van der Waals surface area contributed by atoms with Crippen molar-refractivity contribution in [3.63, 3.8) is 0 Å². The second-order valence-electron chi connectivity index (χ2n) is 6.58. The zero-order chi connectivity index (χ0) is 19.9. The number of amidine groups is 1. The van der Waals surface area contributed by atoms with Crippen molar-refractivity contribution in [2.24, 2.45) is 4.99 Å². The Morgan fingerprint density at radius 3 is 2.46 bits per heavy atom. The van der Waals surface area contributed by atoms with Gasteiger partial charge in [0.25, 0.3) is 5.91 Å². The van der Waals surface area contributed by atoms with Crippen LogP contribution in [-0.4, -0.2) is 49.4 Å². The normalized spacial score (nSPS) is 24.4. The second-order valence-corrected chi connectivity index (χ2v) is 10.9. The Labute approximate surface area is 176 Å².